The van der Waals surface area contributed by atoms with E-state index in [0.717, 1.165) is 26.2 Å². The van der Waals surface area contributed by atoms with E-state index < -0.39 is 0 Å². The second-order valence-corrected chi connectivity index (χ2v) is 2.83. The fourth-order valence-electron chi connectivity index (χ4n) is 0.997. The van der Waals surface area contributed by atoms with Crippen molar-refractivity contribution in [2.24, 2.45) is 11.7 Å². The molecule has 0 saturated carbocycles. The van der Waals surface area contributed by atoms with Crippen LogP contribution in [0.25, 0.3) is 0 Å². The molecule has 0 heterocycles. The minimum absolute atomic E-state index is 0.639. The molecule has 0 amide bonds. The summed E-state index contributed by atoms with van der Waals surface area (Å²) < 4.78 is 0. The molecule has 62 valence electrons. The highest BCUT2D eigenvalue weighted by Gasteiger charge is 2.03. The summed E-state index contributed by atoms with van der Waals surface area (Å²) in [6, 6.07) is 0. The van der Waals surface area contributed by atoms with Crippen molar-refractivity contribution >= 4 is 0 Å². The summed E-state index contributed by atoms with van der Waals surface area (Å²) in [5.41, 5.74) is 5.50. The highest BCUT2D eigenvalue weighted by atomic mass is 15.1. The van der Waals surface area contributed by atoms with E-state index in [1.54, 1.807) is 0 Å². The molecule has 0 aliphatic carbocycles. The van der Waals surface area contributed by atoms with Crippen LogP contribution in [-0.4, -0.2) is 31.1 Å². The van der Waals surface area contributed by atoms with Crippen molar-refractivity contribution in [2.75, 3.05) is 26.2 Å². The van der Waals surface area contributed by atoms with Gasteiger partial charge in [-0.3, -0.25) is 0 Å². The predicted octanol–water partition coefficient (Wildman–Crippen LogP) is 0.923. The van der Waals surface area contributed by atoms with Crippen LogP contribution >= 0.6 is 0 Å². The monoisotopic (exact) mass is 144 g/mol. The van der Waals surface area contributed by atoms with Gasteiger partial charge in [0.2, 0.25) is 0 Å². The van der Waals surface area contributed by atoms with Crippen molar-refractivity contribution in [3.8, 4) is 0 Å². The van der Waals surface area contributed by atoms with E-state index in [9.17, 15) is 0 Å². The van der Waals surface area contributed by atoms with Crippen LogP contribution in [0.15, 0.2) is 0 Å². The molecule has 0 aromatic carbocycles. The molecule has 0 saturated heterocycles. The first-order chi connectivity index (χ1) is 4.74. The van der Waals surface area contributed by atoms with Crippen molar-refractivity contribution < 1.29 is 0 Å². The van der Waals surface area contributed by atoms with Crippen LogP contribution < -0.4 is 5.73 Å². The zero-order valence-corrected chi connectivity index (χ0v) is 7.43. The van der Waals surface area contributed by atoms with Gasteiger partial charge < -0.3 is 10.6 Å². The van der Waals surface area contributed by atoms with E-state index >= 15 is 0 Å². The molecule has 0 aliphatic rings. The fraction of sp³-hybridized carbons (Fsp3) is 1.00. The molecule has 2 N–H and O–H groups in total. The van der Waals surface area contributed by atoms with Gasteiger partial charge in [-0.15, -0.1) is 0 Å². The van der Waals surface area contributed by atoms with Gasteiger partial charge in [-0.2, -0.15) is 0 Å². The Kier molecular flexibility index (Phi) is 5.64. The Labute approximate surface area is 64.4 Å². The van der Waals surface area contributed by atoms with E-state index in [-0.39, 0.29) is 0 Å². The molecular weight excluding hydrogens is 124 g/mol. The average Bonchev–Trinajstić information content (AvgIpc) is 1.99. The predicted molar refractivity (Wildman–Crippen MR) is 46.0 cm³/mol. The quantitative estimate of drug-likeness (QED) is 0.622. The third-order valence-electron chi connectivity index (χ3n) is 1.87. The van der Waals surface area contributed by atoms with Gasteiger partial charge in [-0.25, -0.2) is 0 Å². The summed E-state index contributed by atoms with van der Waals surface area (Å²) >= 11 is 0. The summed E-state index contributed by atoms with van der Waals surface area (Å²) in [5.74, 6) is 0.639. The van der Waals surface area contributed by atoms with E-state index in [1.807, 2.05) is 0 Å². The highest BCUT2D eigenvalue weighted by molar-refractivity contribution is 4.59. The first kappa shape index (κ1) is 9.92. The summed E-state index contributed by atoms with van der Waals surface area (Å²) in [6.45, 7) is 10.8. The Morgan fingerprint density at radius 1 is 1.30 bits per heavy atom. The molecule has 0 rings (SSSR count). The van der Waals surface area contributed by atoms with E-state index in [4.69, 9.17) is 5.73 Å². The lowest BCUT2D eigenvalue weighted by Crippen LogP contribution is -2.31. The number of hydrogen-bond donors (Lipinski definition) is 1. The summed E-state index contributed by atoms with van der Waals surface area (Å²) in [5, 5.41) is 0. The maximum absolute atomic E-state index is 5.50. The Hall–Kier alpha value is -0.0800. The number of nitrogens with zero attached hydrogens (tertiary/aromatic N) is 1. The third-order valence-corrected chi connectivity index (χ3v) is 1.87. The zero-order valence-electron chi connectivity index (χ0n) is 7.43. The van der Waals surface area contributed by atoms with Gasteiger partial charge in [-0.1, -0.05) is 20.8 Å². The van der Waals surface area contributed by atoms with E-state index in [0.29, 0.717) is 5.92 Å². The van der Waals surface area contributed by atoms with Crippen molar-refractivity contribution in [3.63, 3.8) is 0 Å². The largest absolute Gasteiger partial charge is 0.330 e. The maximum atomic E-state index is 5.50. The molecule has 1 unspecified atom stereocenters. The SMILES string of the molecule is CCN(CC)CC(C)CN. The van der Waals surface area contributed by atoms with Crippen LogP contribution in [0.1, 0.15) is 20.8 Å². The number of rotatable bonds is 5. The second-order valence-electron chi connectivity index (χ2n) is 2.83. The molecule has 0 aromatic rings. The molecule has 10 heavy (non-hydrogen) atoms. The molecule has 0 spiro atoms. The van der Waals surface area contributed by atoms with E-state index in [2.05, 4.69) is 25.7 Å². The normalized spacial score (nSPS) is 14.1. The standard InChI is InChI=1S/C8H20N2/c1-4-10(5-2)7-8(3)6-9/h8H,4-7,9H2,1-3H3. The molecule has 2 nitrogen and oxygen atoms in total. The molecule has 0 radical (unpaired) electrons. The maximum Gasteiger partial charge on any atom is 0.00188 e. The first-order valence-electron chi connectivity index (χ1n) is 4.16. The van der Waals surface area contributed by atoms with Crippen LogP contribution in [0.3, 0.4) is 0 Å². The molecule has 0 aromatic heterocycles. The van der Waals surface area contributed by atoms with E-state index in [1.165, 1.54) is 0 Å². The van der Waals surface area contributed by atoms with Crippen LogP contribution in [-0.2, 0) is 0 Å². The Bertz CT molecular complexity index is 69.7. The Morgan fingerprint density at radius 3 is 2.10 bits per heavy atom. The van der Waals surface area contributed by atoms with Gasteiger partial charge in [0.1, 0.15) is 0 Å². The smallest absolute Gasteiger partial charge is 0.00188 e. The first-order valence-corrected chi connectivity index (χ1v) is 4.16. The van der Waals surface area contributed by atoms with Crippen molar-refractivity contribution in [1.82, 2.24) is 4.90 Å². The van der Waals surface area contributed by atoms with Crippen LogP contribution in [0, 0.1) is 5.92 Å². The van der Waals surface area contributed by atoms with Crippen LogP contribution in [0.4, 0.5) is 0 Å². The van der Waals surface area contributed by atoms with Crippen molar-refractivity contribution in [3.05, 3.63) is 0 Å². The second kappa shape index (κ2) is 5.69. The van der Waals surface area contributed by atoms with Gasteiger partial charge in [0.25, 0.3) is 0 Å². The topological polar surface area (TPSA) is 29.3 Å². The highest BCUT2D eigenvalue weighted by Crippen LogP contribution is 1.96. The Morgan fingerprint density at radius 2 is 1.80 bits per heavy atom. The summed E-state index contributed by atoms with van der Waals surface area (Å²) in [6.07, 6.45) is 0. The molecule has 0 aliphatic heterocycles. The molecular formula is C8H20N2. The minimum Gasteiger partial charge on any atom is -0.330 e. The van der Waals surface area contributed by atoms with Gasteiger partial charge in [0.05, 0.1) is 0 Å². The molecule has 1 atom stereocenters. The summed E-state index contributed by atoms with van der Waals surface area (Å²) in [7, 11) is 0. The van der Waals surface area contributed by atoms with Gasteiger partial charge in [0.15, 0.2) is 0 Å². The molecule has 2 heteroatoms. The lowest BCUT2D eigenvalue weighted by molar-refractivity contribution is 0.264. The number of nitrogens with two attached hydrogens (primary N) is 1. The lowest BCUT2D eigenvalue weighted by Gasteiger charge is -2.21. The van der Waals surface area contributed by atoms with Crippen LogP contribution in [0.2, 0.25) is 0 Å². The minimum atomic E-state index is 0.639. The molecule has 0 fully saturated rings. The lowest BCUT2D eigenvalue weighted by atomic mass is 10.2. The summed E-state index contributed by atoms with van der Waals surface area (Å²) in [4.78, 5) is 2.40. The van der Waals surface area contributed by atoms with Crippen molar-refractivity contribution in [2.45, 2.75) is 20.8 Å². The molecule has 0 bridgehead atoms. The van der Waals surface area contributed by atoms with Gasteiger partial charge >= 0.3 is 0 Å². The Balaban J connectivity index is 3.41. The fourth-order valence-corrected chi connectivity index (χ4v) is 0.997. The van der Waals surface area contributed by atoms with Gasteiger partial charge in [0, 0.05) is 6.54 Å². The third kappa shape index (κ3) is 3.85. The van der Waals surface area contributed by atoms with Gasteiger partial charge in [-0.05, 0) is 25.6 Å². The average molecular weight is 144 g/mol. The van der Waals surface area contributed by atoms with Crippen LogP contribution in [0.5, 0.6) is 0 Å². The number of hydrogen-bond acceptors (Lipinski definition) is 2. The zero-order chi connectivity index (χ0) is 7.98. The van der Waals surface area contributed by atoms with Crippen molar-refractivity contribution in [1.29, 1.82) is 0 Å².